The zero-order valence-corrected chi connectivity index (χ0v) is 16.1. The molecule has 0 atom stereocenters. The molecule has 28 heavy (non-hydrogen) atoms. The number of para-hydroxylation sites is 3. The highest BCUT2D eigenvalue weighted by Crippen LogP contribution is 2.28. The average molecular weight is 371 g/mol. The van der Waals surface area contributed by atoms with Crippen molar-refractivity contribution in [2.45, 2.75) is 6.92 Å². The quantitative estimate of drug-likeness (QED) is 0.729. The Hall–Kier alpha value is -3.27. The van der Waals surface area contributed by atoms with Crippen molar-refractivity contribution in [1.82, 2.24) is 0 Å². The summed E-state index contributed by atoms with van der Waals surface area (Å²) < 4.78 is 0. The molecule has 0 unspecified atom stereocenters. The van der Waals surface area contributed by atoms with Crippen LogP contribution in [0.1, 0.15) is 15.9 Å². The summed E-state index contributed by atoms with van der Waals surface area (Å²) in [5.41, 5.74) is 4.98. The molecule has 1 amide bonds. The second-order valence-electron chi connectivity index (χ2n) is 7.15. The van der Waals surface area contributed by atoms with E-state index in [0.29, 0.717) is 5.56 Å². The van der Waals surface area contributed by atoms with Crippen LogP contribution in [0.15, 0.2) is 78.9 Å². The minimum absolute atomic E-state index is 0.0703. The number of carbonyl (C=O) groups is 1. The topological polar surface area (TPSA) is 35.6 Å². The van der Waals surface area contributed by atoms with Crippen LogP contribution < -0.4 is 15.1 Å². The number of amides is 1. The van der Waals surface area contributed by atoms with Crippen LogP contribution in [0, 0.1) is 6.92 Å². The Morgan fingerprint density at radius 3 is 2.21 bits per heavy atom. The van der Waals surface area contributed by atoms with Crippen molar-refractivity contribution in [1.29, 1.82) is 0 Å². The molecule has 0 bridgehead atoms. The largest absolute Gasteiger partial charge is 0.368 e. The zero-order chi connectivity index (χ0) is 19.3. The van der Waals surface area contributed by atoms with Gasteiger partial charge in [0.05, 0.1) is 11.4 Å². The summed E-state index contributed by atoms with van der Waals surface area (Å²) in [5.74, 6) is -0.0703. The minimum atomic E-state index is -0.0703. The Kier molecular flexibility index (Phi) is 5.29. The smallest absolute Gasteiger partial charge is 0.255 e. The summed E-state index contributed by atoms with van der Waals surface area (Å²) >= 11 is 0. The van der Waals surface area contributed by atoms with E-state index in [4.69, 9.17) is 0 Å². The van der Waals surface area contributed by atoms with Gasteiger partial charge in [-0.25, -0.2) is 0 Å². The molecule has 0 saturated carbocycles. The molecule has 4 heteroatoms. The number of aryl methyl sites for hydroxylation is 1. The Morgan fingerprint density at radius 1 is 0.786 bits per heavy atom. The third kappa shape index (κ3) is 4.01. The van der Waals surface area contributed by atoms with Crippen molar-refractivity contribution < 1.29 is 4.79 Å². The van der Waals surface area contributed by atoms with Gasteiger partial charge in [-0.1, -0.05) is 48.0 Å². The highest BCUT2D eigenvalue weighted by atomic mass is 16.1. The van der Waals surface area contributed by atoms with Gasteiger partial charge in [0.25, 0.3) is 5.91 Å². The summed E-state index contributed by atoms with van der Waals surface area (Å²) in [6, 6.07) is 26.3. The van der Waals surface area contributed by atoms with Crippen molar-refractivity contribution in [2.75, 3.05) is 41.3 Å². The van der Waals surface area contributed by atoms with Crippen molar-refractivity contribution in [3.63, 3.8) is 0 Å². The molecule has 142 valence electrons. The standard InChI is InChI=1S/C24H25N3O/c1-19-8-7-9-20(18-19)24(28)25-22-12-5-6-13-23(22)27-16-14-26(15-17-27)21-10-3-2-4-11-21/h2-13,18H,14-17H2,1H3,(H,25,28). The maximum Gasteiger partial charge on any atom is 0.255 e. The molecule has 1 fully saturated rings. The molecule has 0 aromatic heterocycles. The van der Waals surface area contributed by atoms with Gasteiger partial charge in [-0.05, 0) is 43.3 Å². The van der Waals surface area contributed by atoms with E-state index in [-0.39, 0.29) is 5.91 Å². The van der Waals surface area contributed by atoms with Crippen LogP contribution in [0.5, 0.6) is 0 Å². The van der Waals surface area contributed by atoms with E-state index in [1.807, 2.05) is 55.5 Å². The number of rotatable bonds is 4. The van der Waals surface area contributed by atoms with Crippen molar-refractivity contribution in [2.24, 2.45) is 0 Å². The van der Waals surface area contributed by atoms with Gasteiger partial charge in [0.1, 0.15) is 0 Å². The van der Waals surface area contributed by atoms with Crippen LogP contribution in [0.3, 0.4) is 0 Å². The molecule has 0 aliphatic carbocycles. The van der Waals surface area contributed by atoms with Gasteiger partial charge in [-0.15, -0.1) is 0 Å². The lowest BCUT2D eigenvalue weighted by molar-refractivity contribution is 0.102. The Morgan fingerprint density at radius 2 is 1.46 bits per heavy atom. The summed E-state index contributed by atoms with van der Waals surface area (Å²) in [4.78, 5) is 17.5. The molecule has 1 aliphatic heterocycles. The molecule has 3 aromatic carbocycles. The molecule has 0 spiro atoms. The van der Waals surface area contributed by atoms with E-state index >= 15 is 0 Å². The first-order chi connectivity index (χ1) is 13.7. The lowest BCUT2D eigenvalue weighted by Gasteiger charge is -2.38. The van der Waals surface area contributed by atoms with Crippen LogP contribution in [-0.2, 0) is 0 Å². The molecule has 1 aliphatic rings. The van der Waals surface area contributed by atoms with Crippen molar-refractivity contribution >= 4 is 23.0 Å². The predicted octanol–water partition coefficient (Wildman–Crippen LogP) is 4.57. The zero-order valence-electron chi connectivity index (χ0n) is 16.1. The number of benzene rings is 3. The fourth-order valence-corrected chi connectivity index (χ4v) is 3.68. The number of hydrogen-bond donors (Lipinski definition) is 1. The van der Waals surface area contributed by atoms with Gasteiger partial charge in [-0.2, -0.15) is 0 Å². The highest BCUT2D eigenvalue weighted by Gasteiger charge is 2.20. The highest BCUT2D eigenvalue weighted by molar-refractivity contribution is 6.06. The first kappa shape index (κ1) is 18.1. The van der Waals surface area contributed by atoms with E-state index in [1.54, 1.807) is 0 Å². The summed E-state index contributed by atoms with van der Waals surface area (Å²) in [6.07, 6.45) is 0. The molecule has 0 radical (unpaired) electrons. The minimum Gasteiger partial charge on any atom is -0.368 e. The van der Waals surface area contributed by atoms with Crippen LogP contribution in [0.2, 0.25) is 0 Å². The van der Waals surface area contributed by atoms with E-state index in [1.165, 1.54) is 5.69 Å². The third-order valence-electron chi connectivity index (χ3n) is 5.17. The first-order valence-electron chi connectivity index (χ1n) is 9.73. The van der Waals surface area contributed by atoms with Gasteiger partial charge in [0.15, 0.2) is 0 Å². The van der Waals surface area contributed by atoms with E-state index in [0.717, 1.165) is 43.1 Å². The lowest BCUT2D eigenvalue weighted by Crippen LogP contribution is -2.46. The molecule has 3 aromatic rings. The first-order valence-corrected chi connectivity index (χ1v) is 9.73. The Balaban J connectivity index is 1.47. The van der Waals surface area contributed by atoms with Gasteiger partial charge < -0.3 is 15.1 Å². The van der Waals surface area contributed by atoms with Crippen molar-refractivity contribution in [3.8, 4) is 0 Å². The maximum atomic E-state index is 12.7. The molecule has 1 saturated heterocycles. The fourth-order valence-electron chi connectivity index (χ4n) is 3.68. The average Bonchev–Trinajstić information content (AvgIpc) is 2.75. The number of anilines is 3. The van der Waals surface area contributed by atoms with E-state index < -0.39 is 0 Å². The predicted molar refractivity (Wildman–Crippen MR) is 116 cm³/mol. The molecule has 4 nitrogen and oxygen atoms in total. The van der Waals surface area contributed by atoms with Crippen LogP contribution in [-0.4, -0.2) is 32.1 Å². The number of carbonyl (C=O) groups excluding carboxylic acids is 1. The molecule has 1 N–H and O–H groups in total. The lowest BCUT2D eigenvalue weighted by atomic mass is 10.1. The van der Waals surface area contributed by atoms with Crippen LogP contribution >= 0.6 is 0 Å². The normalized spacial score (nSPS) is 14.0. The van der Waals surface area contributed by atoms with E-state index in [2.05, 4.69) is 45.4 Å². The Bertz CT molecular complexity index is 947. The number of nitrogens with zero attached hydrogens (tertiary/aromatic N) is 2. The summed E-state index contributed by atoms with van der Waals surface area (Å²) in [7, 11) is 0. The van der Waals surface area contributed by atoms with Gasteiger partial charge in [0, 0.05) is 37.4 Å². The third-order valence-corrected chi connectivity index (χ3v) is 5.17. The van der Waals surface area contributed by atoms with Gasteiger partial charge in [0.2, 0.25) is 0 Å². The van der Waals surface area contributed by atoms with Crippen molar-refractivity contribution in [3.05, 3.63) is 90.0 Å². The van der Waals surface area contributed by atoms with Crippen LogP contribution in [0.25, 0.3) is 0 Å². The van der Waals surface area contributed by atoms with Crippen LogP contribution in [0.4, 0.5) is 17.1 Å². The molecule has 4 rings (SSSR count). The summed E-state index contributed by atoms with van der Waals surface area (Å²) in [5, 5.41) is 3.10. The fraction of sp³-hybridized carbons (Fsp3) is 0.208. The summed E-state index contributed by atoms with van der Waals surface area (Å²) in [6.45, 7) is 5.77. The Labute approximate surface area is 166 Å². The second kappa shape index (κ2) is 8.17. The number of piperazine rings is 1. The van der Waals surface area contributed by atoms with Gasteiger partial charge >= 0.3 is 0 Å². The maximum absolute atomic E-state index is 12.7. The van der Waals surface area contributed by atoms with E-state index in [9.17, 15) is 4.79 Å². The molecule has 1 heterocycles. The SMILES string of the molecule is Cc1cccc(C(=O)Nc2ccccc2N2CCN(c3ccccc3)CC2)c1. The molecular formula is C24H25N3O. The molecular weight excluding hydrogens is 346 g/mol. The van der Waals surface area contributed by atoms with Gasteiger partial charge in [-0.3, -0.25) is 4.79 Å². The number of nitrogens with one attached hydrogen (secondary N) is 1. The monoisotopic (exact) mass is 371 g/mol. The number of hydrogen-bond acceptors (Lipinski definition) is 3. The second-order valence-corrected chi connectivity index (χ2v) is 7.15.